The molecule has 0 saturated carbocycles. The van der Waals surface area contributed by atoms with E-state index in [4.69, 9.17) is 4.74 Å². The van der Waals surface area contributed by atoms with Crippen LogP contribution < -0.4 is 4.74 Å². The Labute approximate surface area is 125 Å². The van der Waals surface area contributed by atoms with E-state index >= 15 is 0 Å². The lowest BCUT2D eigenvalue weighted by Crippen LogP contribution is -2.06. The van der Waals surface area contributed by atoms with Crippen LogP contribution >= 0.6 is 11.8 Å². The van der Waals surface area contributed by atoms with Gasteiger partial charge in [-0.05, 0) is 24.3 Å². The van der Waals surface area contributed by atoms with Gasteiger partial charge in [-0.3, -0.25) is 0 Å². The summed E-state index contributed by atoms with van der Waals surface area (Å²) in [6, 6.07) is 11.2. The number of methoxy groups -OCH3 is 1. The van der Waals surface area contributed by atoms with Gasteiger partial charge in [-0.15, -0.1) is 0 Å². The van der Waals surface area contributed by atoms with Gasteiger partial charge >= 0.3 is 11.9 Å². The molecule has 2 N–H and O–H groups in total. The molecule has 0 bridgehead atoms. The van der Waals surface area contributed by atoms with Crippen LogP contribution in [0.3, 0.4) is 0 Å². The van der Waals surface area contributed by atoms with Gasteiger partial charge in [0.15, 0.2) is 0 Å². The number of hydrogen-bond acceptors (Lipinski definition) is 4. The number of aromatic carboxylic acids is 2. The van der Waals surface area contributed by atoms with Gasteiger partial charge in [0.05, 0.1) is 23.1 Å². The highest BCUT2D eigenvalue weighted by Crippen LogP contribution is 2.38. The molecule has 0 aliphatic heterocycles. The molecule has 0 aliphatic rings. The van der Waals surface area contributed by atoms with E-state index < -0.39 is 11.9 Å². The number of rotatable bonds is 5. The predicted octanol–water partition coefficient (Wildman–Crippen LogP) is 3.24. The van der Waals surface area contributed by atoms with Crippen LogP contribution in [-0.4, -0.2) is 29.3 Å². The van der Waals surface area contributed by atoms with Crippen LogP contribution in [0.1, 0.15) is 20.7 Å². The van der Waals surface area contributed by atoms with Crippen molar-refractivity contribution in [1.29, 1.82) is 0 Å². The molecular formula is C15H12O5S. The van der Waals surface area contributed by atoms with Crippen molar-refractivity contribution in [2.75, 3.05) is 7.11 Å². The van der Waals surface area contributed by atoms with Crippen molar-refractivity contribution in [2.45, 2.75) is 9.79 Å². The Balaban J connectivity index is 2.56. The quantitative estimate of drug-likeness (QED) is 0.882. The van der Waals surface area contributed by atoms with Crippen molar-refractivity contribution < 1.29 is 24.5 Å². The van der Waals surface area contributed by atoms with E-state index in [2.05, 4.69) is 0 Å². The average molecular weight is 304 g/mol. The molecule has 5 nitrogen and oxygen atoms in total. The zero-order valence-electron chi connectivity index (χ0n) is 11.1. The molecule has 0 amide bonds. The number of carboxylic acid groups (broad SMARTS) is 2. The fraction of sp³-hybridized carbons (Fsp3) is 0.0667. The highest BCUT2D eigenvalue weighted by Gasteiger charge is 2.20. The Hall–Kier alpha value is -2.47. The molecule has 6 heteroatoms. The van der Waals surface area contributed by atoms with Crippen molar-refractivity contribution in [3.63, 3.8) is 0 Å². The first kappa shape index (κ1) is 14.9. The average Bonchev–Trinajstić information content (AvgIpc) is 2.47. The molecule has 0 saturated heterocycles. The maximum Gasteiger partial charge on any atom is 0.336 e. The largest absolute Gasteiger partial charge is 0.496 e. The summed E-state index contributed by atoms with van der Waals surface area (Å²) in [6.07, 6.45) is 0. The van der Waals surface area contributed by atoms with E-state index in [1.807, 2.05) is 0 Å². The van der Waals surface area contributed by atoms with Crippen molar-refractivity contribution >= 4 is 23.7 Å². The van der Waals surface area contributed by atoms with Gasteiger partial charge in [-0.1, -0.05) is 30.0 Å². The van der Waals surface area contributed by atoms with Gasteiger partial charge in [-0.25, -0.2) is 9.59 Å². The first-order valence-corrected chi connectivity index (χ1v) is 6.76. The summed E-state index contributed by atoms with van der Waals surface area (Å²) in [6.45, 7) is 0. The summed E-state index contributed by atoms with van der Waals surface area (Å²) in [5, 5.41) is 18.5. The second-order valence-electron chi connectivity index (χ2n) is 4.05. The molecule has 0 spiro atoms. The lowest BCUT2D eigenvalue weighted by Gasteiger charge is -2.11. The number of hydrogen-bond donors (Lipinski definition) is 2. The predicted molar refractivity (Wildman–Crippen MR) is 77.5 cm³/mol. The van der Waals surface area contributed by atoms with E-state index in [-0.39, 0.29) is 16.0 Å². The molecule has 0 unspecified atom stereocenters. The first-order valence-electron chi connectivity index (χ1n) is 5.95. The number of benzene rings is 2. The molecular weight excluding hydrogens is 292 g/mol. The molecule has 2 aromatic rings. The standard InChI is InChI=1S/C15H12O5S/c1-20-11-7-2-3-8-12(11)21-13-9(14(16)17)5-4-6-10(13)15(18)19/h2-8H,1H3,(H,16,17)(H,18,19). The van der Waals surface area contributed by atoms with E-state index in [1.54, 1.807) is 24.3 Å². The minimum atomic E-state index is -1.17. The van der Waals surface area contributed by atoms with Crippen LogP contribution in [0.15, 0.2) is 52.3 Å². The van der Waals surface area contributed by atoms with Crippen LogP contribution in [0.2, 0.25) is 0 Å². The van der Waals surface area contributed by atoms with Crippen molar-refractivity contribution in [2.24, 2.45) is 0 Å². The molecule has 0 radical (unpaired) electrons. The molecule has 21 heavy (non-hydrogen) atoms. The highest BCUT2D eigenvalue weighted by molar-refractivity contribution is 7.99. The van der Waals surface area contributed by atoms with Gasteiger partial charge in [0, 0.05) is 4.90 Å². The maximum atomic E-state index is 11.3. The van der Waals surface area contributed by atoms with Crippen LogP contribution in [0.5, 0.6) is 5.75 Å². The van der Waals surface area contributed by atoms with Crippen LogP contribution in [0.25, 0.3) is 0 Å². The van der Waals surface area contributed by atoms with Crippen molar-refractivity contribution in [3.05, 3.63) is 53.6 Å². The van der Waals surface area contributed by atoms with Gasteiger partial charge in [0.25, 0.3) is 0 Å². The normalized spacial score (nSPS) is 10.1. The summed E-state index contributed by atoms with van der Waals surface area (Å²) >= 11 is 1.06. The summed E-state index contributed by atoms with van der Waals surface area (Å²) in [5.74, 6) is -1.79. The van der Waals surface area contributed by atoms with Crippen LogP contribution in [0.4, 0.5) is 0 Å². The summed E-state index contributed by atoms with van der Waals surface area (Å²) in [4.78, 5) is 23.4. The Morgan fingerprint density at radius 3 is 2.05 bits per heavy atom. The lowest BCUT2D eigenvalue weighted by atomic mass is 10.1. The summed E-state index contributed by atoms with van der Waals surface area (Å²) < 4.78 is 5.20. The maximum absolute atomic E-state index is 11.3. The molecule has 108 valence electrons. The zero-order valence-corrected chi connectivity index (χ0v) is 11.9. The lowest BCUT2D eigenvalue weighted by molar-refractivity contribution is 0.0690. The third-order valence-corrected chi connectivity index (χ3v) is 3.96. The fourth-order valence-corrected chi connectivity index (χ4v) is 2.95. The number of para-hydroxylation sites is 1. The fourth-order valence-electron chi connectivity index (χ4n) is 1.80. The SMILES string of the molecule is COc1ccccc1Sc1c(C(=O)O)cccc1C(=O)O. The minimum Gasteiger partial charge on any atom is -0.496 e. The Morgan fingerprint density at radius 1 is 0.952 bits per heavy atom. The molecule has 0 atom stereocenters. The Kier molecular flexibility index (Phi) is 4.49. The van der Waals surface area contributed by atoms with E-state index in [1.165, 1.54) is 25.3 Å². The Bertz CT molecular complexity index is 664. The zero-order chi connectivity index (χ0) is 15.4. The topological polar surface area (TPSA) is 83.8 Å². The molecule has 2 rings (SSSR count). The smallest absolute Gasteiger partial charge is 0.336 e. The number of ether oxygens (including phenoxy) is 1. The first-order chi connectivity index (χ1) is 10.0. The van der Waals surface area contributed by atoms with Gasteiger partial charge in [-0.2, -0.15) is 0 Å². The van der Waals surface area contributed by atoms with Crippen molar-refractivity contribution in [3.8, 4) is 5.75 Å². The van der Waals surface area contributed by atoms with E-state index in [0.29, 0.717) is 10.6 Å². The molecule has 2 aromatic carbocycles. The summed E-state index contributed by atoms with van der Waals surface area (Å²) in [5.41, 5.74) is -0.100. The monoisotopic (exact) mass is 304 g/mol. The third-order valence-electron chi connectivity index (χ3n) is 2.76. The van der Waals surface area contributed by atoms with E-state index in [0.717, 1.165) is 11.8 Å². The molecule has 0 aliphatic carbocycles. The van der Waals surface area contributed by atoms with Gasteiger partial charge in [0.2, 0.25) is 0 Å². The van der Waals surface area contributed by atoms with Crippen LogP contribution in [-0.2, 0) is 0 Å². The Morgan fingerprint density at radius 2 is 1.52 bits per heavy atom. The minimum absolute atomic E-state index is 0.0502. The molecule has 0 aromatic heterocycles. The highest BCUT2D eigenvalue weighted by atomic mass is 32.2. The summed E-state index contributed by atoms with van der Waals surface area (Å²) in [7, 11) is 1.50. The van der Waals surface area contributed by atoms with Crippen LogP contribution in [0, 0.1) is 0 Å². The van der Waals surface area contributed by atoms with E-state index in [9.17, 15) is 19.8 Å². The second kappa shape index (κ2) is 6.32. The number of carboxylic acids is 2. The van der Waals surface area contributed by atoms with Gasteiger partial charge < -0.3 is 14.9 Å². The van der Waals surface area contributed by atoms with Gasteiger partial charge in [0.1, 0.15) is 5.75 Å². The number of carbonyl (C=O) groups is 2. The third kappa shape index (κ3) is 3.17. The second-order valence-corrected chi connectivity index (χ2v) is 5.10. The van der Waals surface area contributed by atoms with Crippen molar-refractivity contribution in [1.82, 2.24) is 0 Å². The molecule has 0 fully saturated rings. The molecule has 0 heterocycles.